The Kier molecular flexibility index (Phi) is 4.46. The van der Waals surface area contributed by atoms with Crippen molar-refractivity contribution in [2.75, 3.05) is 0 Å². The van der Waals surface area contributed by atoms with E-state index in [1.807, 2.05) is 0 Å². The molecule has 1 nitrogen and oxygen atoms in total. The molecule has 2 rings (SSSR count). The maximum atomic E-state index is 13.8. The molecule has 17 heavy (non-hydrogen) atoms. The summed E-state index contributed by atoms with van der Waals surface area (Å²) >= 11 is 1.66. The van der Waals surface area contributed by atoms with Gasteiger partial charge in [-0.05, 0) is 36.5 Å². The van der Waals surface area contributed by atoms with E-state index in [1.54, 1.807) is 23.9 Å². The second-order valence-electron chi connectivity index (χ2n) is 4.93. The van der Waals surface area contributed by atoms with Gasteiger partial charge in [-0.1, -0.05) is 25.8 Å². The molecule has 3 heteroatoms. The molecular weight excluding hydrogens is 235 g/mol. The molecule has 0 saturated heterocycles. The first-order chi connectivity index (χ1) is 8.19. The molecule has 0 spiro atoms. The van der Waals surface area contributed by atoms with Crippen LogP contribution in [0.2, 0.25) is 0 Å². The SMILES string of the molecule is CC1CCCC(Sc2ccc(CO)cc2F)C1. The summed E-state index contributed by atoms with van der Waals surface area (Å²) in [4.78, 5) is 0.723. The third-order valence-electron chi connectivity index (χ3n) is 3.36. The third kappa shape index (κ3) is 3.46. The minimum Gasteiger partial charge on any atom is -0.392 e. The zero-order valence-electron chi connectivity index (χ0n) is 10.2. The number of hydrogen-bond donors (Lipinski definition) is 1. The Morgan fingerprint density at radius 3 is 2.88 bits per heavy atom. The van der Waals surface area contributed by atoms with Crippen molar-refractivity contribution in [1.29, 1.82) is 0 Å². The van der Waals surface area contributed by atoms with E-state index < -0.39 is 0 Å². The van der Waals surface area contributed by atoms with E-state index >= 15 is 0 Å². The van der Waals surface area contributed by atoms with E-state index in [2.05, 4.69) is 6.92 Å². The Hall–Kier alpha value is -0.540. The van der Waals surface area contributed by atoms with Crippen LogP contribution >= 0.6 is 11.8 Å². The first kappa shape index (κ1) is 12.9. The van der Waals surface area contributed by atoms with Crippen molar-refractivity contribution in [2.24, 2.45) is 5.92 Å². The molecule has 1 aliphatic carbocycles. The summed E-state index contributed by atoms with van der Waals surface area (Å²) in [7, 11) is 0. The molecule has 1 aromatic rings. The van der Waals surface area contributed by atoms with E-state index in [1.165, 1.54) is 31.7 Å². The third-order valence-corrected chi connectivity index (χ3v) is 4.71. The van der Waals surface area contributed by atoms with Gasteiger partial charge in [0.2, 0.25) is 0 Å². The Labute approximate surface area is 106 Å². The smallest absolute Gasteiger partial charge is 0.137 e. The van der Waals surface area contributed by atoms with Gasteiger partial charge in [-0.15, -0.1) is 11.8 Å². The summed E-state index contributed by atoms with van der Waals surface area (Å²) in [6.07, 6.45) is 4.94. The number of hydrogen-bond acceptors (Lipinski definition) is 2. The molecule has 0 radical (unpaired) electrons. The molecule has 94 valence electrons. The summed E-state index contributed by atoms with van der Waals surface area (Å²) in [5.41, 5.74) is 0.642. The predicted octanol–water partition coefficient (Wildman–Crippen LogP) is 3.99. The van der Waals surface area contributed by atoms with Gasteiger partial charge in [-0.3, -0.25) is 0 Å². The number of aliphatic hydroxyl groups excluding tert-OH is 1. The van der Waals surface area contributed by atoms with E-state index in [0.29, 0.717) is 10.8 Å². The van der Waals surface area contributed by atoms with Crippen molar-refractivity contribution in [2.45, 2.75) is 49.4 Å². The lowest BCUT2D eigenvalue weighted by atomic mass is 9.91. The maximum Gasteiger partial charge on any atom is 0.137 e. The Morgan fingerprint density at radius 2 is 2.24 bits per heavy atom. The van der Waals surface area contributed by atoms with Crippen LogP contribution in [-0.2, 0) is 6.61 Å². The largest absolute Gasteiger partial charge is 0.392 e. The highest BCUT2D eigenvalue weighted by atomic mass is 32.2. The van der Waals surface area contributed by atoms with Gasteiger partial charge in [-0.2, -0.15) is 0 Å². The number of aliphatic hydroxyl groups is 1. The monoisotopic (exact) mass is 254 g/mol. The molecule has 2 atom stereocenters. The topological polar surface area (TPSA) is 20.2 Å². The van der Waals surface area contributed by atoms with Crippen LogP contribution in [0.5, 0.6) is 0 Å². The molecule has 2 unspecified atom stereocenters. The zero-order valence-corrected chi connectivity index (χ0v) is 11.0. The van der Waals surface area contributed by atoms with Gasteiger partial charge in [0.15, 0.2) is 0 Å². The van der Waals surface area contributed by atoms with Crippen molar-refractivity contribution in [1.82, 2.24) is 0 Å². The lowest BCUT2D eigenvalue weighted by Gasteiger charge is -2.26. The molecule has 0 aromatic heterocycles. The van der Waals surface area contributed by atoms with E-state index in [4.69, 9.17) is 5.11 Å². The van der Waals surface area contributed by atoms with Crippen molar-refractivity contribution in [3.05, 3.63) is 29.6 Å². The molecule has 0 aliphatic heterocycles. The molecular formula is C14H19FOS. The number of halogens is 1. The average Bonchev–Trinajstić information content (AvgIpc) is 2.32. The fourth-order valence-corrected chi connectivity index (χ4v) is 3.79. The second kappa shape index (κ2) is 5.87. The molecule has 0 heterocycles. The molecule has 1 aromatic carbocycles. The van der Waals surface area contributed by atoms with E-state index in [-0.39, 0.29) is 12.4 Å². The summed E-state index contributed by atoms with van der Waals surface area (Å²) in [5, 5.41) is 9.48. The van der Waals surface area contributed by atoms with Crippen LogP contribution in [0.15, 0.2) is 23.1 Å². The van der Waals surface area contributed by atoms with Crippen LogP contribution in [0.1, 0.15) is 38.2 Å². The molecule has 1 saturated carbocycles. The van der Waals surface area contributed by atoms with Crippen LogP contribution in [0.25, 0.3) is 0 Å². The van der Waals surface area contributed by atoms with E-state index in [0.717, 1.165) is 10.8 Å². The molecule has 1 fully saturated rings. The normalized spacial score (nSPS) is 24.9. The minimum atomic E-state index is -0.195. The van der Waals surface area contributed by atoms with Crippen LogP contribution in [0.4, 0.5) is 4.39 Å². The lowest BCUT2D eigenvalue weighted by molar-refractivity contribution is 0.281. The average molecular weight is 254 g/mol. The Balaban J connectivity index is 2.02. The predicted molar refractivity (Wildman–Crippen MR) is 69.6 cm³/mol. The molecule has 0 amide bonds. The van der Waals surface area contributed by atoms with Crippen molar-refractivity contribution >= 4 is 11.8 Å². The quantitative estimate of drug-likeness (QED) is 0.880. The van der Waals surface area contributed by atoms with Crippen LogP contribution < -0.4 is 0 Å². The molecule has 0 bridgehead atoms. The van der Waals surface area contributed by atoms with Gasteiger partial charge in [-0.25, -0.2) is 4.39 Å². The Morgan fingerprint density at radius 1 is 1.41 bits per heavy atom. The first-order valence-corrected chi connectivity index (χ1v) is 7.13. The highest BCUT2D eigenvalue weighted by Crippen LogP contribution is 2.37. The lowest BCUT2D eigenvalue weighted by Crippen LogP contribution is -2.15. The first-order valence-electron chi connectivity index (χ1n) is 6.25. The van der Waals surface area contributed by atoms with E-state index in [9.17, 15) is 4.39 Å². The van der Waals surface area contributed by atoms with Crippen LogP contribution in [-0.4, -0.2) is 10.4 Å². The zero-order chi connectivity index (χ0) is 12.3. The van der Waals surface area contributed by atoms with Crippen molar-refractivity contribution in [3.63, 3.8) is 0 Å². The van der Waals surface area contributed by atoms with Gasteiger partial charge in [0.05, 0.1) is 6.61 Å². The van der Waals surface area contributed by atoms with Gasteiger partial charge >= 0.3 is 0 Å². The summed E-state index contributed by atoms with van der Waals surface area (Å²) in [6.45, 7) is 2.18. The highest BCUT2D eigenvalue weighted by molar-refractivity contribution is 8.00. The Bertz CT molecular complexity index is 380. The number of rotatable bonds is 3. The van der Waals surface area contributed by atoms with Gasteiger partial charge in [0.25, 0.3) is 0 Å². The standard InChI is InChI=1S/C14H19FOS/c1-10-3-2-4-12(7-10)17-14-6-5-11(9-16)8-13(14)15/h5-6,8,10,12,16H,2-4,7,9H2,1H3. The maximum absolute atomic E-state index is 13.8. The van der Waals surface area contributed by atoms with Crippen molar-refractivity contribution in [3.8, 4) is 0 Å². The minimum absolute atomic E-state index is 0.0949. The second-order valence-corrected chi connectivity index (χ2v) is 6.28. The van der Waals surface area contributed by atoms with Crippen LogP contribution in [0, 0.1) is 11.7 Å². The summed E-state index contributed by atoms with van der Waals surface area (Å²) in [5.74, 6) is 0.570. The number of thioether (sulfide) groups is 1. The molecule has 1 N–H and O–H groups in total. The molecule has 1 aliphatic rings. The fraction of sp³-hybridized carbons (Fsp3) is 0.571. The summed E-state index contributed by atoms with van der Waals surface area (Å²) < 4.78 is 13.8. The van der Waals surface area contributed by atoms with Gasteiger partial charge < -0.3 is 5.11 Å². The highest BCUT2D eigenvalue weighted by Gasteiger charge is 2.20. The fourth-order valence-electron chi connectivity index (χ4n) is 2.40. The van der Waals surface area contributed by atoms with Gasteiger partial charge in [0.1, 0.15) is 5.82 Å². The van der Waals surface area contributed by atoms with Crippen molar-refractivity contribution < 1.29 is 9.50 Å². The number of benzene rings is 1. The summed E-state index contributed by atoms with van der Waals surface area (Å²) in [6, 6.07) is 5.04. The van der Waals surface area contributed by atoms with Gasteiger partial charge in [0, 0.05) is 10.1 Å². The van der Waals surface area contributed by atoms with Crippen LogP contribution in [0.3, 0.4) is 0 Å².